The molecule has 0 unspecified atom stereocenters. The average Bonchev–Trinajstić information content (AvgIpc) is 2.60. The number of nitro benzene ring substituents is 1. The Balaban J connectivity index is 1.73. The Labute approximate surface area is 170 Å². The lowest BCUT2D eigenvalue weighted by Crippen LogP contribution is -2.50. The summed E-state index contributed by atoms with van der Waals surface area (Å²) in [4.78, 5) is 31.3. The van der Waals surface area contributed by atoms with Gasteiger partial charge in [0.1, 0.15) is 15.0 Å². The second-order valence-corrected chi connectivity index (χ2v) is 8.43. The number of piperazine rings is 1. The number of carbonyl (C=O) groups is 1. The first-order valence-corrected chi connectivity index (χ1v) is 9.70. The molecule has 1 aliphatic heterocycles. The van der Waals surface area contributed by atoms with E-state index in [0.29, 0.717) is 29.7 Å². The van der Waals surface area contributed by atoms with Gasteiger partial charge in [0, 0.05) is 37.6 Å². The van der Waals surface area contributed by atoms with Crippen LogP contribution in [0, 0.1) is 13.7 Å². The van der Waals surface area contributed by atoms with Crippen molar-refractivity contribution in [3.05, 3.63) is 37.9 Å². The molecule has 0 radical (unpaired) electrons. The molecule has 2 aromatic rings. The van der Waals surface area contributed by atoms with Crippen LogP contribution in [0.25, 0.3) is 10.9 Å². The molecule has 8 nitrogen and oxygen atoms in total. The summed E-state index contributed by atoms with van der Waals surface area (Å²) in [5.74, 6) is 0.802. The van der Waals surface area contributed by atoms with Gasteiger partial charge in [-0.15, -0.1) is 0 Å². The number of nitro groups is 1. The molecule has 1 aliphatic rings. The topological polar surface area (TPSA) is 88.8 Å². The summed E-state index contributed by atoms with van der Waals surface area (Å²) in [5, 5.41) is 11.8. The largest absolute Gasteiger partial charge is 0.444 e. The van der Waals surface area contributed by atoms with Crippen molar-refractivity contribution in [2.45, 2.75) is 26.4 Å². The lowest BCUT2D eigenvalue weighted by molar-refractivity contribution is -0.385. The number of benzene rings is 1. The molecule has 0 spiro atoms. The molecule has 1 fully saturated rings. The molecule has 0 saturated carbocycles. The van der Waals surface area contributed by atoms with Gasteiger partial charge < -0.3 is 14.5 Å². The van der Waals surface area contributed by atoms with Gasteiger partial charge in [-0.3, -0.25) is 10.1 Å². The molecule has 27 heavy (non-hydrogen) atoms. The highest BCUT2D eigenvalue weighted by atomic mass is 127. The van der Waals surface area contributed by atoms with Crippen molar-refractivity contribution in [3.8, 4) is 0 Å². The lowest BCUT2D eigenvalue weighted by Gasteiger charge is -2.36. The number of pyridine rings is 1. The van der Waals surface area contributed by atoms with E-state index in [4.69, 9.17) is 4.74 Å². The number of ether oxygens (including phenoxy) is 1. The van der Waals surface area contributed by atoms with Gasteiger partial charge in [-0.05, 0) is 61.6 Å². The third-order valence-corrected chi connectivity index (χ3v) is 5.36. The van der Waals surface area contributed by atoms with E-state index >= 15 is 0 Å². The predicted octanol–water partition coefficient (Wildman–Crippen LogP) is 3.80. The van der Waals surface area contributed by atoms with Crippen LogP contribution in [0.2, 0.25) is 0 Å². The molecule has 1 aromatic heterocycles. The van der Waals surface area contributed by atoms with E-state index in [0.717, 1.165) is 16.7 Å². The highest BCUT2D eigenvalue weighted by molar-refractivity contribution is 14.1. The normalized spacial score (nSPS) is 15.1. The number of rotatable bonds is 2. The number of halogens is 1. The summed E-state index contributed by atoms with van der Waals surface area (Å²) in [6, 6.07) is 6.90. The van der Waals surface area contributed by atoms with E-state index in [9.17, 15) is 14.9 Å². The zero-order valence-corrected chi connectivity index (χ0v) is 17.6. The Kier molecular flexibility index (Phi) is 5.41. The number of nitrogens with zero attached hydrogens (tertiary/aromatic N) is 4. The van der Waals surface area contributed by atoms with Gasteiger partial charge in [-0.2, -0.15) is 0 Å². The maximum atomic E-state index is 12.2. The first kappa shape index (κ1) is 19.6. The minimum atomic E-state index is -0.506. The van der Waals surface area contributed by atoms with Crippen LogP contribution in [0.15, 0.2) is 24.3 Å². The first-order chi connectivity index (χ1) is 12.7. The second-order valence-electron chi connectivity index (χ2n) is 7.35. The Morgan fingerprint density at radius 1 is 1.19 bits per heavy atom. The SMILES string of the molecule is CC(C)(C)OC(=O)N1CCN(c2ccc3c(I)c([N+](=O)[O-])ccc3n2)CC1. The van der Waals surface area contributed by atoms with Gasteiger partial charge in [0.05, 0.1) is 10.4 Å². The van der Waals surface area contributed by atoms with Gasteiger partial charge in [-0.25, -0.2) is 9.78 Å². The van der Waals surface area contributed by atoms with Crippen LogP contribution >= 0.6 is 22.6 Å². The van der Waals surface area contributed by atoms with Crippen LogP contribution in [-0.4, -0.2) is 52.7 Å². The molecule has 0 bridgehead atoms. The fourth-order valence-electron chi connectivity index (χ4n) is 2.91. The maximum absolute atomic E-state index is 12.2. The average molecular weight is 484 g/mol. The van der Waals surface area contributed by atoms with Crippen LogP contribution in [0.4, 0.5) is 16.3 Å². The molecule has 3 rings (SSSR count). The molecule has 1 amide bonds. The number of fused-ring (bicyclic) bond motifs is 1. The van der Waals surface area contributed by atoms with Crippen LogP contribution in [0.5, 0.6) is 0 Å². The van der Waals surface area contributed by atoms with Crippen LogP contribution in [-0.2, 0) is 4.74 Å². The Morgan fingerprint density at radius 3 is 2.44 bits per heavy atom. The smallest absolute Gasteiger partial charge is 0.410 e. The van der Waals surface area contributed by atoms with E-state index in [1.54, 1.807) is 11.0 Å². The summed E-state index contributed by atoms with van der Waals surface area (Å²) in [6.45, 7) is 7.99. The van der Waals surface area contributed by atoms with Crippen LogP contribution in [0.3, 0.4) is 0 Å². The number of carbonyl (C=O) groups excluding carboxylic acids is 1. The molecule has 1 saturated heterocycles. The fourth-order valence-corrected chi connectivity index (χ4v) is 3.74. The summed E-state index contributed by atoms with van der Waals surface area (Å²) in [6.07, 6.45) is -0.296. The standard InChI is InChI=1S/C18H21IN4O4/c1-18(2,3)27-17(24)22-10-8-21(9-11-22)15-7-4-12-13(20-15)5-6-14(16(12)19)23(25)26/h4-7H,8-11H2,1-3H3. The summed E-state index contributed by atoms with van der Waals surface area (Å²) < 4.78 is 6.00. The number of hydrogen-bond donors (Lipinski definition) is 0. The quantitative estimate of drug-likeness (QED) is 0.366. The number of anilines is 1. The van der Waals surface area contributed by atoms with Crippen molar-refractivity contribution in [1.29, 1.82) is 0 Å². The van der Waals surface area contributed by atoms with Crippen LogP contribution < -0.4 is 4.90 Å². The van der Waals surface area contributed by atoms with Gasteiger partial charge >= 0.3 is 6.09 Å². The van der Waals surface area contributed by atoms with Gasteiger partial charge in [0.15, 0.2) is 0 Å². The third-order valence-electron chi connectivity index (χ3n) is 4.22. The third kappa shape index (κ3) is 4.40. The number of hydrogen-bond acceptors (Lipinski definition) is 6. The van der Waals surface area contributed by atoms with E-state index in [1.165, 1.54) is 6.07 Å². The van der Waals surface area contributed by atoms with Crippen molar-refractivity contribution in [2.75, 3.05) is 31.1 Å². The van der Waals surface area contributed by atoms with E-state index in [2.05, 4.69) is 9.88 Å². The summed E-state index contributed by atoms with van der Waals surface area (Å²) in [5.41, 5.74) is 0.300. The molecule has 9 heteroatoms. The molecule has 0 N–H and O–H groups in total. The minimum Gasteiger partial charge on any atom is -0.444 e. The predicted molar refractivity (Wildman–Crippen MR) is 111 cm³/mol. The van der Waals surface area contributed by atoms with E-state index in [1.807, 2.05) is 55.5 Å². The molecule has 2 heterocycles. The monoisotopic (exact) mass is 484 g/mol. The molecule has 0 aliphatic carbocycles. The Morgan fingerprint density at radius 2 is 1.85 bits per heavy atom. The second kappa shape index (κ2) is 7.45. The van der Waals surface area contributed by atoms with Gasteiger partial charge in [0.25, 0.3) is 5.69 Å². The lowest BCUT2D eigenvalue weighted by atomic mass is 10.2. The van der Waals surface area contributed by atoms with Crippen LogP contribution in [0.1, 0.15) is 20.8 Å². The molecule has 0 atom stereocenters. The van der Waals surface area contributed by atoms with Gasteiger partial charge in [-0.1, -0.05) is 0 Å². The number of amides is 1. The van der Waals surface area contributed by atoms with Crippen molar-refractivity contribution in [1.82, 2.24) is 9.88 Å². The highest BCUT2D eigenvalue weighted by Gasteiger charge is 2.26. The van der Waals surface area contributed by atoms with Crippen molar-refractivity contribution in [3.63, 3.8) is 0 Å². The molecular formula is C18H21IN4O4. The van der Waals surface area contributed by atoms with Crippen molar-refractivity contribution in [2.24, 2.45) is 0 Å². The van der Waals surface area contributed by atoms with Crippen molar-refractivity contribution < 1.29 is 14.5 Å². The first-order valence-electron chi connectivity index (χ1n) is 8.62. The molecule has 144 valence electrons. The fraction of sp³-hybridized carbons (Fsp3) is 0.444. The Bertz CT molecular complexity index is 889. The van der Waals surface area contributed by atoms with Gasteiger partial charge in [0.2, 0.25) is 0 Å². The van der Waals surface area contributed by atoms with Crippen molar-refractivity contribution >= 4 is 51.1 Å². The van der Waals surface area contributed by atoms with E-state index < -0.39 is 5.60 Å². The Hall–Kier alpha value is -2.17. The minimum absolute atomic E-state index is 0.0867. The highest BCUT2D eigenvalue weighted by Crippen LogP contribution is 2.30. The van der Waals surface area contributed by atoms with E-state index in [-0.39, 0.29) is 16.7 Å². The zero-order valence-electron chi connectivity index (χ0n) is 15.4. The number of aromatic nitrogens is 1. The molecular weight excluding hydrogens is 463 g/mol. The zero-order chi connectivity index (χ0) is 19.8. The molecule has 1 aromatic carbocycles. The maximum Gasteiger partial charge on any atom is 0.410 e. The summed E-state index contributed by atoms with van der Waals surface area (Å²) in [7, 11) is 0. The summed E-state index contributed by atoms with van der Waals surface area (Å²) >= 11 is 1.99.